The van der Waals surface area contributed by atoms with Crippen molar-refractivity contribution < 1.29 is 9.32 Å². The van der Waals surface area contributed by atoms with Gasteiger partial charge in [-0.05, 0) is 34.9 Å². The summed E-state index contributed by atoms with van der Waals surface area (Å²) >= 11 is 0. The highest BCUT2D eigenvalue weighted by molar-refractivity contribution is 5.93. The molecular formula is C13H23N3O2. The highest BCUT2D eigenvalue weighted by Crippen LogP contribution is 2.13. The molecule has 1 heterocycles. The fourth-order valence-electron chi connectivity index (χ4n) is 1.75. The van der Waals surface area contributed by atoms with Gasteiger partial charge < -0.3 is 14.7 Å². The molecule has 1 rings (SSSR count). The van der Waals surface area contributed by atoms with Crippen molar-refractivity contribution in [3.63, 3.8) is 0 Å². The second-order valence-corrected chi connectivity index (χ2v) is 4.90. The molecule has 0 bridgehead atoms. The van der Waals surface area contributed by atoms with Gasteiger partial charge in [0.15, 0.2) is 5.69 Å². The van der Waals surface area contributed by atoms with E-state index in [0.29, 0.717) is 5.69 Å². The number of nitrogens with one attached hydrogen (secondary N) is 1. The molecule has 0 spiro atoms. The molecule has 0 saturated carbocycles. The first-order chi connectivity index (χ1) is 8.38. The minimum atomic E-state index is -0.169. The molecule has 0 saturated heterocycles. The molecule has 18 heavy (non-hydrogen) atoms. The predicted molar refractivity (Wildman–Crippen MR) is 70.7 cm³/mol. The summed E-state index contributed by atoms with van der Waals surface area (Å²) < 4.78 is 5.13. The lowest BCUT2D eigenvalue weighted by Gasteiger charge is -2.26. The molecule has 2 unspecified atom stereocenters. The number of carbonyl (C=O) groups is 1. The van der Waals surface area contributed by atoms with Crippen molar-refractivity contribution in [2.75, 3.05) is 14.1 Å². The molecule has 2 atom stereocenters. The Morgan fingerprint density at radius 2 is 2.06 bits per heavy atom. The Morgan fingerprint density at radius 3 is 2.50 bits per heavy atom. The molecule has 5 heteroatoms. The average Bonchev–Trinajstić information content (AvgIpc) is 2.68. The summed E-state index contributed by atoms with van der Waals surface area (Å²) in [6.07, 6.45) is 0.746. The molecule has 0 radical (unpaired) electrons. The van der Waals surface area contributed by atoms with Gasteiger partial charge in [-0.2, -0.15) is 0 Å². The number of aryl methyl sites for hydroxylation is 1. The van der Waals surface area contributed by atoms with Crippen LogP contribution in [-0.2, 0) is 6.42 Å². The topological polar surface area (TPSA) is 58.4 Å². The van der Waals surface area contributed by atoms with Crippen LogP contribution in [0.15, 0.2) is 4.52 Å². The first kappa shape index (κ1) is 14.7. The lowest BCUT2D eigenvalue weighted by molar-refractivity contribution is 0.0910. The van der Waals surface area contributed by atoms with Crippen LogP contribution in [-0.4, -0.2) is 42.1 Å². The van der Waals surface area contributed by atoms with Gasteiger partial charge in [-0.1, -0.05) is 12.1 Å². The molecule has 0 aromatic carbocycles. The van der Waals surface area contributed by atoms with Crippen LogP contribution in [0.3, 0.4) is 0 Å². The third kappa shape index (κ3) is 3.10. The molecule has 1 N–H and O–H groups in total. The van der Waals surface area contributed by atoms with Crippen molar-refractivity contribution in [1.29, 1.82) is 0 Å². The van der Waals surface area contributed by atoms with Crippen LogP contribution in [0.25, 0.3) is 0 Å². The molecule has 1 aromatic rings. The number of hydrogen-bond donors (Lipinski definition) is 1. The molecular weight excluding hydrogens is 230 g/mol. The third-order valence-corrected chi connectivity index (χ3v) is 3.45. The van der Waals surface area contributed by atoms with Crippen molar-refractivity contribution in [3.8, 4) is 0 Å². The first-order valence-corrected chi connectivity index (χ1v) is 6.30. The van der Waals surface area contributed by atoms with E-state index in [1.54, 1.807) is 0 Å². The molecule has 1 amide bonds. The maximum atomic E-state index is 12.1. The van der Waals surface area contributed by atoms with E-state index in [1.807, 2.05) is 34.9 Å². The molecule has 0 aliphatic heterocycles. The molecule has 1 aromatic heterocycles. The van der Waals surface area contributed by atoms with Gasteiger partial charge in [0.25, 0.3) is 5.91 Å². The van der Waals surface area contributed by atoms with Gasteiger partial charge in [-0.3, -0.25) is 4.79 Å². The Hall–Kier alpha value is -1.36. The van der Waals surface area contributed by atoms with Crippen molar-refractivity contribution in [1.82, 2.24) is 15.4 Å². The third-order valence-electron chi connectivity index (χ3n) is 3.45. The zero-order chi connectivity index (χ0) is 13.9. The quantitative estimate of drug-likeness (QED) is 0.866. The highest BCUT2D eigenvalue weighted by Gasteiger charge is 2.22. The summed E-state index contributed by atoms with van der Waals surface area (Å²) in [6.45, 7) is 7.90. The summed E-state index contributed by atoms with van der Waals surface area (Å²) in [4.78, 5) is 14.1. The maximum absolute atomic E-state index is 12.1. The lowest BCUT2D eigenvalue weighted by Crippen LogP contribution is -2.46. The van der Waals surface area contributed by atoms with Gasteiger partial charge in [0, 0.05) is 24.1 Å². The second-order valence-electron chi connectivity index (χ2n) is 4.90. The van der Waals surface area contributed by atoms with E-state index in [4.69, 9.17) is 4.52 Å². The molecule has 5 nitrogen and oxygen atoms in total. The van der Waals surface area contributed by atoms with Crippen LogP contribution in [0, 0.1) is 6.92 Å². The first-order valence-electron chi connectivity index (χ1n) is 6.30. The van der Waals surface area contributed by atoms with E-state index in [1.165, 1.54) is 0 Å². The number of hydrogen-bond acceptors (Lipinski definition) is 4. The zero-order valence-corrected chi connectivity index (χ0v) is 12.1. The Balaban J connectivity index is 2.73. The number of aromatic nitrogens is 1. The lowest BCUT2D eigenvalue weighted by atomic mass is 10.1. The molecule has 0 aliphatic carbocycles. The standard InChI is InChI=1S/C13H23N3O2/c1-7-11-8(2)12(15-18-11)13(17)14-9(3)10(4)16(5)6/h9-10H,7H2,1-6H3,(H,14,17). The average molecular weight is 253 g/mol. The second kappa shape index (κ2) is 6.00. The Morgan fingerprint density at radius 1 is 1.44 bits per heavy atom. The highest BCUT2D eigenvalue weighted by atomic mass is 16.5. The van der Waals surface area contributed by atoms with E-state index in [-0.39, 0.29) is 18.0 Å². The summed E-state index contributed by atoms with van der Waals surface area (Å²) in [5, 5.41) is 6.80. The number of amides is 1. The smallest absolute Gasteiger partial charge is 0.274 e. The van der Waals surface area contributed by atoms with Gasteiger partial charge >= 0.3 is 0 Å². The van der Waals surface area contributed by atoms with E-state index < -0.39 is 0 Å². The fourth-order valence-corrected chi connectivity index (χ4v) is 1.75. The molecule has 0 fully saturated rings. The number of rotatable bonds is 5. The van der Waals surface area contributed by atoms with Crippen LogP contribution in [0.5, 0.6) is 0 Å². The van der Waals surface area contributed by atoms with E-state index in [9.17, 15) is 4.79 Å². The van der Waals surface area contributed by atoms with Crippen LogP contribution in [0.4, 0.5) is 0 Å². The zero-order valence-electron chi connectivity index (χ0n) is 12.1. The van der Waals surface area contributed by atoms with E-state index in [2.05, 4.69) is 22.3 Å². The van der Waals surface area contributed by atoms with Crippen molar-refractivity contribution in [3.05, 3.63) is 17.0 Å². The Kier molecular flexibility index (Phi) is 4.90. The van der Waals surface area contributed by atoms with Crippen LogP contribution >= 0.6 is 0 Å². The summed E-state index contributed by atoms with van der Waals surface area (Å²) in [7, 11) is 3.98. The summed E-state index contributed by atoms with van der Waals surface area (Å²) in [5.41, 5.74) is 1.23. The maximum Gasteiger partial charge on any atom is 0.274 e. The molecule has 0 aliphatic rings. The van der Waals surface area contributed by atoms with Gasteiger partial charge in [-0.15, -0.1) is 0 Å². The van der Waals surface area contributed by atoms with Crippen molar-refractivity contribution in [2.45, 2.75) is 46.2 Å². The van der Waals surface area contributed by atoms with Gasteiger partial charge in [0.05, 0.1) is 0 Å². The summed E-state index contributed by atoms with van der Waals surface area (Å²) in [6, 6.07) is 0.306. The van der Waals surface area contributed by atoms with E-state index >= 15 is 0 Å². The number of carbonyl (C=O) groups excluding carboxylic acids is 1. The van der Waals surface area contributed by atoms with Crippen LogP contribution in [0.1, 0.15) is 42.6 Å². The monoisotopic (exact) mass is 253 g/mol. The largest absolute Gasteiger partial charge is 0.360 e. The fraction of sp³-hybridized carbons (Fsp3) is 0.692. The Labute approximate surface area is 109 Å². The minimum absolute atomic E-state index is 0.0497. The predicted octanol–water partition coefficient (Wildman–Crippen LogP) is 1.61. The number of nitrogens with zero attached hydrogens (tertiary/aromatic N) is 2. The van der Waals surface area contributed by atoms with Crippen LogP contribution < -0.4 is 5.32 Å². The Bertz CT molecular complexity index is 412. The molecule has 102 valence electrons. The van der Waals surface area contributed by atoms with Gasteiger partial charge in [0.1, 0.15) is 5.76 Å². The van der Waals surface area contributed by atoms with Crippen molar-refractivity contribution >= 4 is 5.91 Å². The van der Waals surface area contributed by atoms with Crippen molar-refractivity contribution in [2.24, 2.45) is 0 Å². The SMILES string of the molecule is CCc1onc(C(=O)NC(C)C(C)N(C)C)c1C. The minimum Gasteiger partial charge on any atom is -0.360 e. The van der Waals surface area contributed by atoms with Gasteiger partial charge in [-0.25, -0.2) is 0 Å². The number of likely N-dealkylation sites (N-methyl/N-ethyl adjacent to an activating group) is 1. The van der Waals surface area contributed by atoms with E-state index in [0.717, 1.165) is 17.7 Å². The summed E-state index contributed by atoms with van der Waals surface area (Å²) in [5.74, 6) is 0.602. The normalized spacial score (nSPS) is 14.6. The van der Waals surface area contributed by atoms with Gasteiger partial charge in [0.2, 0.25) is 0 Å². The van der Waals surface area contributed by atoms with Crippen LogP contribution in [0.2, 0.25) is 0 Å².